The van der Waals surface area contributed by atoms with Crippen molar-refractivity contribution in [3.63, 3.8) is 0 Å². The van der Waals surface area contributed by atoms with Gasteiger partial charge in [0.25, 0.3) is 5.91 Å². The van der Waals surface area contributed by atoms with Crippen molar-refractivity contribution >= 4 is 11.9 Å². The minimum atomic E-state index is -0.231. The van der Waals surface area contributed by atoms with Gasteiger partial charge in [-0.15, -0.1) is 0 Å². The highest BCUT2D eigenvalue weighted by molar-refractivity contribution is 5.92. The number of nitrogens with one attached hydrogen (secondary N) is 2. The summed E-state index contributed by atoms with van der Waals surface area (Å²) in [5.74, 6) is 1.01. The molecule has 6 nitrogen and oxygen atoms in total. The lowest BCUT2D eigenvalue weighted by Crippen LogP contribution is -2.26. The first-order valence-electron chi connectivity index (χ1n) is 7.71. The van der Waals surface area contributed by atoms with Gasteiger partial charge in [-0.1, -0.05) is 19.3 Å². The van der Waals surface area contributed by atoms with Crippen molar-refractivity contribution in [2.45, 2.75) is 44.7 Å². The molecule has 0 aliphatic heterocycles. The van der Waals surface area contributed by atoms with Gasteiger partial charge in [-0.3, -0.25) is 4.79 Å². The highest BCUT2D eigenvalue weighted by Gasteiger charge is 2.15. The van der Waals surface area contributed by atoms with Crippen LogP contribution in [0, 0.1) is 0 Å². The standard InChI is InChI=1S/C16H20N4O2/c21-15(18-11-13-7-4-10-22-13)14-8-9-17-16(20-14)19-12-5-2-1-3-6-12/h4,7-10,12H,1-3,5-6,11H2,(H,18,21)(H,17,19,20). The smallest absolute Gasteiger partial charge is 0.270 e. The van der Waals surface area contributed by atoms with Gasteiger partial charge in [0, 0.05) is 12.2 Å². The highest BCUT2D eigenvalue weighted by Crippen LogP contribution is 2.20. The Morgan fingerprint density at radius 1 is 1.27 bits per heavy atom. The van der Waals surface area contributed by atoms with Crippen molar-refractivity contribution < 1.29 is 9.21 Å². The zero-order valence-electron chi connectivity index (χ0n) is 12.4. The van der Waals surface area contributed by atoms with Gasteiger partial charge in [0.05, 0.1) is 12.8 Å². The summed E-state index contributed by atoms with van der Waals surface area (Å²) in [4.78, 5) is 20.6. The molecule has 6 heteroatoms. The predicted octanol–water partition coefficient (Wildman–Crippen LogP) is 2.74. The van der Waals surface area contributed by atoms with E-state index in [2.05, 4.69) is 20.6 Å². The Bertz CT molecular complexity index is 606. The number of hydrogen-bond donors (Lipinski definition) is 2. The summed E-state index contributed by atoms with van der Waals surface area (Å²) in [6.45, 7) is 0.348. The number of nitrogens with zero attached hydrogens (tertiary/aromatic N) is 2. The van der Waals surface area contributed by atoms with E-state index in [1.807, 2.05) is 6.07 Å². The molecule has 116 valence electrons. The van der Waals surface area contributed by atoms with Crippen LogP contribution in [0.1, 0.15) is 48.4 Å². The molecule has 3 rings (SSSR count). The Hall–Kier alpha value is -2.37. The molecule has 0 bridgehead atoms. The molecule has 0 radical (unpaired) electrons. The van der Waals surface area contributed by atoms with E-state index in [0.717, 1.165) is 12.8 Å². The molecule has 22 heavy (non-hydrogen) atoms. The molecule has 1 aliphatic rings. The second-order valence-corrected chi connectivity index (χ2v) is 5.51. The molecular weight excluding hydrogens is 280 g/mol. The first kappa shape index (κ1) is 14.6. The van der Waals surface area contributed by atoms with Crippen LogP contribution < -0.4 is 10.6 Å². The van der Waals surface area contributed by atoms with Gasteiger partial charge < -0.3 is 15.1 Å². The monoisotopic (exact) mass is 300 g/mol. The van der Waals surface area contributed by atoms with Crippen LogP contribution in [-0.2, 0) is 6.54 Å². The van der Waals surface area contributed by atoms with Crippen LogP contribution in [0.25, 0.3) is 0 Å². The van der Waals surface area contributed by atoms with Crippen LogP contribution in [-0.4, -0.2) is 21.9 Å². The second kappa shape index (κ2) is 7.06. The van der Waals surface area contributed by atoms with Gasteiger partial charge in [0.15, 0.2) is 0 Å². The lowest BCUT2D eigenvalue weighted by Gasteiger charge is -2.22. The first-order chi connectivity index (χ1) is 10.8. The number of hydrogen-bond acceptors (Lipinski definition) is 5. The predicted molar refractivity (Wildman–Crippen MR) is 82.4 cm³/mol. The zero-order valence-corrected chi connectivity index (χ0v) is 12.4. The number of furan rings is 1. The van der Waals surface area contributed by atoms with Crippen LogP contribution in [0.3, 0.4) is 0 Å². The molecule has 2 aromatic heterocycles. The van der Waals surface area contributed by atoms with E-state index in [9.17, 15) is 4.79 Å². The maximum Gasteiger partial charge on any atom is 0.270 e. The molecule has 0 saturated heterocycles. The van der Waals surface area contributed by atoms with Gasteiger partial charge in [-0.2, -0.15) is 0 Å². The number of amides is 1. The van der Waals surface area contributed by atoms with Crippen LogP contribution in [0.4, 0.5) is 5.95 Å². The van der Waals surface area contributed by atoms with Crippen molar-refractivity contribution in [3.05, 3.63) is 42.1 Å². The van der Waals surface area contributed by atoms with Crippen molar-refractivity contribution in [2.75, 3.05) is 5.32 Å². The van der Waals surface area contributed by atoms with E-state index >= 15 is 0 Å². The Morgan fingerprint density at radius 2 is 2.14 bits per heavy atom. The Morgan fingerprint density at radius 3 is 2.91 bits per heavy atom. The van der Waals surface area contributed by atoms with Gasteiger partial charge in [-0.25, -0.2) is 9.97 Å². The number of carbonyl (C=O) groups is 1. The van der Waals surface area contributed by atoms with E-state index < -0.39 is 0 Å². The quantitative estimate of drug-likeness (QED) is 0.887. The number of aromatic nitrogens is 2. The molecular formula is C16H20N4O2. The zero-order chi connectivity index (χ0) is 15.2. The van der Waals surface area contributed by atoms with E-state index in [0.29, 0.717) is 30.0 Å². The molecule has 2 heterocycles. The summed E-state index contributed by atoms with van der Waals surface area (Å²) >= 11 is 0. The minimum absolute atomic E-state index is 0.231. The normalized spacial score (nSPS) is 15.5. The summed E-state index contributed by atoms with van der Waals surface area (Å²) in [7, 11) is 0. The Labute approximate surface area is 129 Å². The largest absolute Gasteiger partial charge is 0.467 e. The van der Waals surface area contributed by atoms with Gasteiger partial charge in [0.1, 0.15) is 11.5 Å². The molecule has 0 spiro atoms. The average Bonchev–Trinajstić information content (AvgIpc) is 3.07. The highest BCUT2D eigenvalue weighted by atomic mass is 16.3. The fourth-order valence-corrected chi connectivity index (χ4v) is 2.66. The number of carbonyl (C=O) groups excluding carboxylic acids is 1. The molecule has 0 aromatic carbocycles. The van der Waals surface area contributed by atoms with E-state index in [-0.39, 0.29) is 5.91 Å². The molecule has 1 amide bonds. The number of rotatable bonds is 5. The van der Waals surface area contributed by atoms with Gasteiger partial charge >= 0.3 is 0 Å². The van der Waals surface area contributed by atoms with Crippen LogP contribution >= 0.6 is 0 Å². The fraction of sp³-hybridized carbons (Fsp3) is 0.438. The maximum absolute atomic E-state index is 12.1. The fourth-order valence-electron chi connectivity index (χ4n) is 2.66. The molecule has 2 N–H and O–H groups in total. The topological polar surface area (TPSA) is 80.0 Å². The summed E-state index contributed by atoms with van der Waals surface area (Å²) in [6, 6.07) is 5.63. The Balaban J connectivity index is 1.58. The van der Waals surface area contributed by atoms with Gasteiger partial charge in [0.2, 0.25) is 5.95 Å². The van der Waals surface area contributed by atoms with Crippen LogP contribution in [0.5, 0.6) is 0 Å². The lowest BCUT2D eigenvalue weighted by atomic mass is 9.96. The first-order valence-corrected chi connectivity index (χ1v) is 7.71. The van der Waals surface area contributed by atoms with Crippen molar-refractivity contribution in [2.24, 2.45) is 0 Å². The van der Waals surface area contributed by atoms with E-state index in [1.54, 1.807) is 24.6 Å². The molecule has 1 fully saturated rings. The average molecular weight is 300 g/mol. The van der Waals surface area contributed by atoms with Crippen molar-refractivity contribution in [3.8, 4) is 0 Å². The second-order valence-electron chi connectivity index (χ2n) is 5.51. The van der Waals surface area contributed by atoms with E-state index in [4.69, 9.17) is 4.42 Å². The van der Waals surface area contributed by atoms with E-state index in [1.165, 1.54) is 19.3 Å². The van der Waals surface area contributed by atoms with Crippen LogP contribution in [0.15, 0.2) is 35.1 Å². The van der Waals surface area contributed by atoms with Gasteiger partial charge in [-0.05, 0) is 31.0 Å². The summed E-state index contributed by atoms with van der Waals surface area (Å²) < 4.78 is 5.18. The third-order valence-corrected chi connectivity index (χ3v) is 3.83. The molecule has 1 saturated carbocycles. The molecule has 0 unspecified atom stereocenters. The molecule has 1 aliphatic carbocycles. The third kappa shape index (κ3) is 3.84. The molecule has 0 atom stereocenters. The number of anilines is 1. The van der Waals surface area contributed by atoms with Crippen molar-refractivity contribution in [1.29, 1.82) is 0 Å². The maximum atomic E-state index is 12.1. The Kier molecular flexibility index (Phi) is 4.68. The third-order valence-electron chi connectivity index (χ3n) is 3.83. The SMILES string of the molecule is O=C(NCc1ccco1)c1ccnc(NC2CCCCC2)n1. The summed E-state index contributed by atoms with van der Waals surface area (Å²) in [5.41, 5.74) is 0.361. The molecule has 2 aromatic rings. The minimum Gasteiger partial charge on any atom is -0.467 e. The van der Waals surface area contributed by atoms with Crippen molar-refractivity contribution in [1.82, 2.24) is 15.3 Å². The summed E-state index contributed by atoms with van der Waals surface area (Å²) in [5, 5.41) is 6.11. The summed E-state index contributed by atoms with van der Waals surface area (Å²) in [6.07, 6.45) is 9.24. The van der Waals surface area contributed by atoms with Crippen LogP contribution in [0.2, 0.25) is 0 Å². The lowest BCUT2D eigenvalue weighted by molar-refractivity contribution is 0.0943.